The van der Waals surface area contributed by atoms with Gasteiger partial charge in [-0.2, -0.15) is 5.10 Å². The van der Waals surface area contributed by atoms with Gasteiger partial charge in [0.25, 0.3) is 0 Å². The van der Waals surface area contributed by atoms with E-state index in [9.17, 15) is 4.79 Å². The number of nitrogens with zero attached hydrogens (tertiary/aromatic N) is 1. The summed E-state index contributed by atoms with van der Waals surface area (Å²) in [5, 5.41) is 10.9. The summed E-state index contributed by atoms with van der Waals surface area (Å²) in [6, 6.07) is 7.44. The Kier molecular flexibility index (Phi) is 3.49. The third kappa shape index (κ3) is 2.43. The highest BCUT2D eigenvalue weighted by atomic mass is 35.5. The minimum Gasteiger partial charge on any atom is -0.322 e. The number of rotatable bonds is 3. The van der Waals surface area contributed by atoms with Crippen LogP contribution in [0.5, 0.6) is 0 Å². The number of hydrogen-bond donors (Lipinski definition) is 2. The van der Waals surface area contributed by atoms with Crippen molar-refractivity contribution in [1.29, 1.82) is 0 Å². The first-order chi connectivity index (χ1) is 9.65. The molecule has 0 radical (unpaired) electrons. The number of nitrogens with one attached hydrogen (secondary N) is 2. The lowest BCUT2D eigenvalue weighted by atomic mass is 9.85. The van der Waals surface area contributed by atoms with Crippen molar-refractivity contribution in [3.8, 4) is 11.3 Å². The van der Waals surface area contributed by atoms with Crippen LogP contribution in [0.15, 0.2) is 24.3 Å². The Bertz CT molecular complexity index is 629. The van der Waals surface area contributed by atoms with Crippen LogP contribution in [0.4, 0.5) is 5.69 Å². The fourth-order valence-electron chi connectivity index (χ4n) is 2.29. The standard InChI is InChI=1S/C15H16ClN3O/c1-9-13(17-15(20)11-3-2-4-11)14(19-18-9)10-5-7-12(16)8-6-10/h5-8,11H,2-4H2,1H3,(H,17,20)(H,18,19). The van der Waals surface area contributed by atoms with Gasteiger partial charge in [0.2, 0.25) is 5.91 Å². The lowest BCUT2D eigenvalue weighted by Crippen LogP contribution is -2.28. The lowest BCUT2D eigenvalue weighted by Gasteiger charge is -2.24. The molecule has 2 aromatic rings. The quantitative estimate of drug-likeness (QED) is 0.903. The van der Waals surface area contributed by atoms with Gasteiger partial charge in [-0.25, -0.2) is 0 Å². The van der Waals surface area contributed by atoms with Gasteiger partial charge in [-0.1, -0.05) is 30.2 Å². The first kappa shape index (κ1) is 13.2. The minimum absolute atomic E-state index is 0.0935. The Morgan fingerprint density at radius 2 is 2.05 bits per heavy atom. The summed E-state index contributed by atoms with van der Waals surface area (Å²) in [5.74, 6) is 0.248. The molecule has 1 aliphatic rings. The number of benzene rings is 1. The molecule has 1 aliphatic carbocycles. The smallest absolute Gasteiger partial charge is 0.227 e. The summed E-state index contributed by atoms with van der Waals surface area (Å²) >= 11 is 5.90. The van der Waals surface area contributed by atoms with Gasteiger partial charge in [0, 0.05) is 16.5 Å². The molecule has 0 saturated heterocycles. The molecule has 0 atom stereocenters. The molecule has 1 aromatic heterocycles. The average Bonchev–Trinajstić information content (AvgIpc) is 2.70. The van der Waals surface area contributed by atoms with Crippen LogP contribution in [0.3, 0.4) is 0 Å². The molecule has 4 nitrogen and oxygen atoms in total. The molecule has 0 aliphatic heterocycles. The summed E-state index contributed by atoms with van der Waals surface area (Å²) < 4.78 is 0. The highest BCUT2D eigenvalue weighted by molar-refractivity contribution is 6.30. The molecular weight excluding hydrogens is 274 g/mol. The van der Waals surface area contributed by atoms with E-state index in [-0.39, 0.29) is 11.8 Å². The van der Waals surface area contributed by atoms with Gasteiger partial charge in [0.1, 0.15) is 5.69 Å². The highest BCUT2D eigenvalue weighted by Crippen LogP contribution is 2.32. The zero-order chi connectivity index (χ0) is 14.1. The van der Waals surface area contributed by atoms with Gasteiger partial charge in [-0.3, -0.25) is 9.89 Å². The zero-order valence-corrected chi connectivity index (χ0v) is 12.0. The summed E-state index contributed by atoms with van der Waals surface area (Å²) in [6.07, 6.45) is 3.12. The molecule has 0 spiro atoms. The van der Waals surface area contributed by atoms with Crippen LogP contribution in [0, 0.1) is 12.8 Å². The summed E-state index contributed by atoms with van der Waals surface area (Å²) in [5.41, 5.74) is 3.32. The second-order valence-electron chi connectivity index (χ2n) is 5.20. The lowest BCUT2D eigenvalue weighted by molar-refractivity contribution is -0.122. The molecule has 104 valence electrons. The second-order valence-corrected chi connectivity index (χ2v) is 5.63. The Morgan fingerprint density at radius 3 is 2.65 bits per heavy atom. The van der Waals surface area contributed by atoms with E-state index in [0.717, 1.165) is 41.9 Å². The van der Waals surface area contributed by atoms with Gasteiger partial charge in [0.15, 0.2) is 0 Å². The maximum atomic E-state index is 12.1. The molecule has 20 heavy (non-hydrogen) atoms. The molecule has 2 N–H and O–H groups in total. The van der Waals surface area contributed by atoms with E-state index in [1.807, 2.05) is 31.2 Å². The number of carbonyl (C=O) groups excluding carboxylic acids is 1. The third-order valence-corrected chi connectivity index (χ3v) is 4.04. The molecule has 0 unspecified atom stereocenters. The van der Waals surface area contributed by atoms with E-state index >= 15 is 0 Å². The highest BCUT2D eigenvalue weighted by Gasteiger charge is 2.26. The van der Waals surface area contributed by atoms with Crippen molar-refractivity contribution in [2.45, 2.75) is 26.2 Å². The van der Waals surface area contributed by atoms with Crippen LogP contribution in [-0.2, 0) is 4.79 Å². The van der Waals surface area contributed by atoms with E-state index < -0.39 is 0 Å². The van der Waals surface area contributed by atoms with Gasteiger partial charge in [-0.05, 0) is 31.9 Å². The molecule has 1 heterocycles. The number of halogens is 1. The number of aryl methyl sites for hydroxylation is 1. The van der Waals surface area contributed by atoms with Crippen LogP contribution < -0.4 is 5.32 Å². The van der Waals surface area contributed by atoms with Gasteiger partial charge < -0.3 is 5.32 Å². The van der Waals surface area contributed by atoms with Crippen molar-refractivity contribution in [3.63, 3.8) is 0 Å². The maximum Gasteiger partial charge on any atom is 0.227 e. The van der Waals surface area contributed by atoms with E-state index in [1.54, 1.807) is 0 Å². The summed E-state index contributed by atoms with van der Waals surface area (Å²) in [4.78, 5) is 12.1. The van der Waals surface area contributed by atoms with Gasteiger partial charge in [0.05, 0.1) is 11.4 Å². The normalized spacial score (nSPS) is 14.9. The monoisotopic (exact) mass is 289 g/mol. The second kappa shape index (κ2) is 5.29. The zero-order valence-electron chi connectivity index (χ0n) is 11.2. The van der Waals surface area contributed by atoms with Crippen LogP contribution in [0.2, 0.25) is 5.02 Å². The number of hydrogen-bond acceptors (Lipinski definition) is 2. The Labute approximate surface area is 122 Å². The largest absolute Gasteiger partial charge is 0.322 e. The van der Waals surface area contributed by atoms with Crippen molar-refractivity contribution in [2.75, 3.05) is 5.32 Å². The van der Waals surface area contributed by atoms with E-state index in [4.69, 9.17) is 11.6 Å². The number of H-pyrrole nitrogens is 1. The Hall–Kier alpha value is -1.81. The van der Waals surface area contributed by atoms with Crippen LogP contribution in [0.25, 0.3) is 11.3 Å². The SMILES string of the molecule is Cc1[nH]nc(-c2ccc(Cl)cc2)c1NC(=O)C1CCC1. The first-order valence-corrected chi connectivity index (χ1v) is 7.14. The van der Waals surface area contributed by atoms with E-state index in [2.05, 4.69) is 15.5 Å². The Morgan fingerprint density at radius 1 is 1.35 bits per heavy atom. The van der Waals surface area contributed by atoms with E-state index in [1.165, 1.54) is 0 Å². The third-order valence-electron chi connectivity index (χ3n) is 3.79. The van der Waals surface area contributed by atoms with Crippen LogP contribution >= 0.6 is 11.6 Å². The maximum absolute atomic E-state index is 12.1. The predicted octanol–water partition coefficient (Wildman–Crippen LogP) is 3.78. The average molecular weight is 290 g/mol. The molecule has 1 aromatic carbocycles. The van der Waals surface area contributed by atoms with Crippen molar-refractivity contribution < 1.29 is 4.79 Å². The van der Waals surface area contributed by atoms with Crippen LogP contribution in [-0.4, -0.2) is 16.1 Å². The van der Waals surface area contributed by atoms with Crippen molar-refractivity contribution >= 4 is 23.2 Å². The number of amides is 1. The van der Waals surface area contributed by atoms with Crippen molar-refractivity contribution in [1.82, 2.24) is 10.2 Å². The molecule has 0 bridgehead atoms. The number of aromatic nitrogens is 2. The molecule has 1 fully saturated rings. The molecule has 3 rings (SSSR count). The summed E-state index contributed by atoms with van der Waals surface area (Å²) in [6.45, 7) is 1.91. The predicted molar refractivity (Wildman–Crippen MR) is 79.7 cm³/mol. The molecule has 1 amide bonds. The first-order valence-electron chi connectivity index (χ1n) is 6.77. The van der Waals surface area contributed by atoms with E-state index in [0.29, 0.717) is 5.02 Å². The molecular formula is C15H16ClN3O. The Balaban J connectivity index is 1.88. The number of aromatic amines is 1. The number of anilines is 1. The fourth-order valence-corrected chi connectivity index (χ4v) is 2.42. The van der Waals surface area contributed by atoms with Crippen LogP contribution in [0.1, 0.15) is 25.0 Å². The topological polar surface area (TPSA) is 57.8 Å². The minimum atomic E-state index is 0.0935. The summed E-state index contributed by atoms with van der Waals surface area (Å²) in [7, 11) is 0. The fraction of sp³-hybridized carbons (Fsp3) is 0.333. The van der Waals surface area contributed by atoms with Gasteiger partial charge >= 0.3 is 0 Å². The van der Waals surface area contributed by atoms with Gasteiger partial charge in [-0.15, -0.1) is 0 Å². The number of carbonyl (C=O) groups is 1. The molecule has 5 heteroatoms. The van der Waals surface area contributed by atoms with Crippen molar-refractivity contribution in [2.24, 2.45) is 5.92 Å². The molecule has 1 saturated carbocycles. The van der Waals surface area contributed by atoms with Crippen molar-refractivity contribution in [3.05, 3.63) is 35.0 Å².